The molecule has 51 heavy (non-hydrogen) atoms. The van der Waals surface area contributed by atoms with Crippen molar-refractivity contribution >= 4 is 16.9 Å². The van der Waals surface area contributed by atoms with Crippen LogP contribution in [0, 0.1) is 24.5 Å². The predicted molar refractivity (Wildman–Crippen MR) is 200 cm³/mol. The first kappa shape index (κ1) is 32.8. The number of thioether (sulfide) groups is 1. The van der Waals surface area contributed by atoms with E-state index in [0.29, 0.717) is 35.2 Å². The highest BCUT2D eigenvalue weighted by Crippen LogP contribution is 2.52. The van der Waals surface area contributed by atoms with E-state index in [9.17, 15) is 4.39 Å². The fraction of sp³-hybridized carbons (Fsp3) is 0.186. The van der Waals surface area contributed by atoms with Crippen molar-refractivity contribution in [1.29, 1.82) is 0 Å². The summed E-state index contributed by atoms with van der Waals surface area (Å²) >= 11 is 1.63. The summed E-state index contributed by atoms with van der Waals surface area (Å²) in [5, 5.41) is 4.60. The number of aliphatic imine (C=N–C) groups is 1. The predicted octanol–water partition coefficient (Wildman–Crippen LogP) is 9.03. The van der Waals surface area contributed by atoms with Crippen LogP contribution in [-0.4, -0.2) is 28.0 Å². The minimum Gasteiger partial charge on any atom is -0.481 e. The maximum absolute atomic E-state index is 16.2. The molecule has 0 saturated carbocycles. The van der Waals surface area contributed by atoms with E-state index in [1.54, 1.807) is 24.9 Å². The van der Waals surface area contributed by atoms with Gasteiger partial charge < -0.3 is 10.1 Å². The van der Waals surface area contributed by atoms with Crippen LogP contribution in [0.4, 0.5) is 8.78 Å². The Morgan fingerprint density at radius 2 is 1.45 bits per heavy atom. The number of rotatable bonds is 7. The molecule has 0 fully saturated rings. The molecule has 1 aliphatic heterocycles. The molecule has 5 nitrogen and oxygen atoms in total. The second-order valence-corrected chi connectivity index (χ2v) is 14.2. The number of aryl methyl sites for hydroxylation is 1. The van der Waals surface area contributed by atoms with E-state index in [4.69, 9.17) is 14.7 Å². The van der Waals surface area contributed by atoms with Crippen molar-refractivity contribution in [3.63, 3.8) is 0 Å². The Morgan fingerprint density at radius 1 is 0.804 bits per heavy atom. The monoisotopic (exact) mass is 694 g/mol. The van der Waals surface area contributed by atoms with Gasteiger partial charge in [0.2, 0.25) is 5.88 Å². The number of nitrogens with zero attached hydrogens (tertiary/aromatic N) is 3. The van der Waals surface area contributed by atoms with E-state index in [1.807, 2.05) is 80.1 Å². The summed E-state index contributed by atoms with van der Waals surface area (Å²) in [6.45, 7) is 2.02. The Hall–Kier alpha value is -5.34. The fourth-order valence-electron chi connectivity index (χ4n) is 7.88. The van der Waals surface area contributed by atoms with Crippen LogP contribution in [0.5, 0.6) is 5.88 Å². The molecule has 2 aliphatic rings. The van der Waals surface area contributed by atoms with Gasteiger partial charge in [-0.1, -0.05) is 109 Å². The summed E-state index contributed by atoms with van der Waals surface area (Å²) in [7, 11) is 1.61. The Bertz CT molecular complexity index is 2140. The smallest absolute Gasteiger partial charge is 0.216 e. The zero-order valence-electron chi connectivity index (χ0n) is 28.3. The highest BCUT2D eigenvalue weighted by atomic mass is 32.2. The minimum absolute atomic E-state index is 0.122. The third-order valence-electron chi connectivity index (χ3n) is 10.2. The van der Waals surface area contributed by atoms with Crippen molar-refractivity contribution < 1.29 is 13.5 Å². The van der Waals surface area contributed by atoms with Gasteiger partial charge in [-0.25, -0.2) is 13.8 Å². The summed E-state index contributed by atoms with van der Waals surface area (Å²) in [4.78, 5) is 14.8. The van der Waals surface area contributed by atoms with Gasteiger partial charge in [0.15, 0.2) is 5.17 Å². The number of nitrogens with one attached hydrogen (secondary N) is 1. The van der Waals surface area contributed by atoms with Crippen molar-refractivity contribution in [2.24, 2.45) is 10.9 Å². The van der Waals surface area contributed by atoms with E-state index in [-0.39, 0.29) is 5.92 Å². The topological polar surface area (TPSA) is 59.4 Å². The zero-order valence-corrected chi connectivity index (χ0v) is 29.1. The second kappa shape index (κ2) is 13.4. The molecule has 0 amide bonds. The van der Waals surface area contributed by atoms with Crippen LogP contribution in [0.25, 0.3) is 11.1 Å². The highest BCUT2D eigenvalue weighted by molar-refractivity contribution is 8.13. The summed E-state index contributed by atoms with van der Waals surface area (Å²) in [5.41, 5.74) is 6.50. The van der Waals surface area contributed by atoms with Gasteiger partial charge >= 0.3 is 0 Å². The lowest BCUT2D eigenvalue weighted by Crippen LogP contribution is -2.52. The van der Waals surface area contributed by atoms with Gasteiger partial charge in [0.05, 0.1) is 12.6 Å². The molecule has 6 aromatic rings. The fourth-order valence-corrected chi connectivity index (χ4v) is 9.09. The number of ether oxygens (including phenoxy) is 1. The number of aromatic nitrogens is 2. The molecular formula is C43H36F2N4OS. The average Bonchev–Trinajstić information content (AvgIpc) is 3.16. The van der Waals surface area contributed by atoms with Crippen molar-refractivity contribution in [2.45, 2.75) is 30.8 Å². The number of hydrogen-bond acceptors (Lipinski definition) is 6. The van der Waals surface area contributed by atoms with E-state index in [0.717, 1.165) is 50.6 Å². The van der Waals surface area contributed by atoms with Crippen molar-refractivity contribution in [3.8, 4) is 17.0 Å². The molecule has 254 valence electrons. The lowest BCUT2D eigenvalue weighted by molar-refractivity contribution is 0.261. The van der Waals surface area contributed by atoms with Crippen LogP contribution in [-0.2, 0) is 23.9 Å². The lowest BCUT2D eigenvalue weighted by atomic mass is 9.66. The van der Waals surface area contributed by atoms with Crippen LogP contribution < -0.4 is 10.1 Å². The van der Waals surface area contributed by atoms with Gasteiger partial charge in [-0.15, -0.1) is 0 Å². The van der Waals surface area contributed by atoms with E-state index in [2.05, 4.69) is 52.8 Å². The van der Waals surface area contributed by atoms with E-state index in [1.165, 1.54) is 6.07 Å². The van der Waals surface area contributed by atoms with E-state index < -0.39 is 22.7 Å². The van der Waals surface area contributed by atoms with Crippen molar-refractivity contribution in [3.05, 3.63) is 184 Å². The quantitative estimate of drug-likeness (QED) is 0.169. The number of methoxy groups -OCH3 is 1. The number of hydrogen-bond donors (Lipinski definition) is 1. The Balaban J connectivity index is 1.35. The molecule has 3 heterocycles. The first-order chi connectivity index (χ1) is 24.9. The summed E-state index contributed by atoms with van der Waals surface area (Å²) in [6.07, 6.45) is 6.44. The molecular weight excluding hydrogens is 659 g/mol. The van der Waals surface area contributed by atoms with Gasteiger partial charge in [-0.05, 0) is 53.3 Å². The summed E-state index contributed by atoms with van der Waals surface area (Å²) in [6, 6.07) is 36.9. The molecule has 8 rings (SSSR count). The lowest BCUT2D eigenvalue weighted by Gasteiger charge is -2.47. The number of amidine groups is 1. The molecule has 1 N–H and O–H groups in total. The maximum atomic E-state index is 16.2. The number of fused-ring (bicyclic) bond motifs is 2. The first-order valence-electron chi connectivity index (χ1n) is 17.0. The third-order valence-corrected chi connectivity index (χ3v) is 11.3. The van der Waals surface area contributed by atoms with Gasteiger partial charge in [-0.3, -0.25) is 9.98 Å². The van der Waals surface area contributed by atoms with Crippen molar-refractivity contribution in [2.75, 3.05) is 12.9 Å². The number of benzene rings is 4. The minimum atomic E-state index is -1.08. The average molecular weight is 695 g/mol. The number of pyridine rings is 2. The van der Waals surface area contributed by atoms with Crippen LogP contribution in [0.3, 0.4) is 0 Å². The zero-order chi connectivity index (χ0) is 35.0. The molecule has 0 spiro atoms. The molecule has 0 radical (unpaired) electrons. The third kappa shape index (κ3) is 5.77. The number of halogens is 2. The van der Waals surface area contributed by atoms with E-state index >= 15 is 4.39 Å². The SMILES string of the molecule is COc1ncc(-c2cncc(C)c2)c2c1C[C@]1(c3ccc(F)cc3F)N=C(NC(c3ccccc3)(c3ccccc3)c3ccccc3)SC[C@@H]1C2. The largest absolute Gasteiger partial charge is 0.481 e. The first-order valence-corrected chi connectivity index (χ1v) is 18.0. The summed E-state index contributed by atoms with van der Waals surface area (Å²) in [5.74, 6) is -0.247. The van der Waals surface area contributed by atoms with Gasteiger partial charge in [-0.2, -0.15) is 0 Å². The van der Waals surface area contributed by atoms with Gasteiger partial charge in [0.1, 0.15) is 17.2 Å². The van der Waals surface area contributed by atoms with Crippen LogP contribution in [0.2, 0.25) is 0 Å². The van der Waals surface area contributed by atoms with Crippen LogP contribution in [0.15, 0.2) is 139 Å². The Kier molecular flexibility index (Phi) is 8.64. The summed E-state index contributed by atoms with van der Waals surface area (Å²) < 4.78 is 36.6. The molecule has 0 bridgehead atoms. The standard InChI is InChI=1S/C43H36F2N4OS/c1-28-20-29(25-46-24-28)37-26-47-40(50-2)36-23-42(38-19-18-34(44)22-39(38)45)33(21-35(36)37)27-51-41(48-42)49-43(30-12-6-3-7-13-30,31-14-8-4-9-15-31)32-16-10-5-11-17-32/h3-20,22,24-26,33H,21,23,27H2,1-2H3,(H,48,49)/t33-,42-/m0/s1. The van der Waals surface area contributed by atoms with Gasteiger partial charge in [0, 0.05) is 65.0 Å². The Morgan fingerprint density at radius 3 is 2.04 bits per heavy atom. The van der Waals surface area contributed by atoms with Gasteiger partial charge in [0.25, 0.3) is 0 Å². The van der Waals surface area contributed by atoms with Crippen LogP contribution in [0.1, 0.15) is 38.9 Å². The molecule has 0 unspecified atom stereocenters. The maximum Gasteiger partial charge on any atom is 0.216 e. The van der Waals surface area contributed by atoms with Crippen LogP contribution >= 0.6 is 11.8 Å². The molecule has 2 atom stereocenters. The molecule has 0 saturated heterocycles. The molecule has 4 aromatic carbocycles. The highest BCUT2D eigenvalue weighted by Gasteiger charge is 2.51. The Labute approximate surface area is 300 Å². The second-order valence-electron chi connectivity index (χ2n) is 13.2. The molecule has 1 aliphatic carbocycles. The normalized spacial score (nSPS) is 18.3. The molecule has 8 heteroatoms. The van der Waals surface area contributed by atoms with Crippen molar-refractivity contribution in [1.82, 2.24) is 15.3 Å². The molecule has 2 aromatic heterocycles.